The topological polar surface area (TPSA) is 104 Å². The number of ether oxygens (including phenoxy) is 1. The molecule has 1 heterocycles. The predicted octanol–water partition coefficient (Wildman–Crippen LogP) is 1.65. The Kier molecular flexibility index (Phi) is 4.16. The van der Waals surface area contributed by atoms with Gasteiger partial charge in [-0.15, -0.1) is 0 Å². The molecule has 0 fully saturated rings. The lowest BCUT2D eigenvalue weighted by Crippen LogP contribution is -2.24. The fraction of sp³-hybridized carbons (Fsp3) is 0.188. The molecule has 0 aliphatic rings. The number of para-hydroxylation sites is 1. The standard InChI is InChI=1S/C16H17N3O4S/c1-10-7-12-13(19-16(20)18-12)8-15(10)24(21,22)17-9-11-5-3-4-6-14(11)23-2/h3-8,17H,9H2,1-2H3,(H2,18,19,20). The lowest BCUT2D eigenvalue weighted by Gasteiger charge is -2.11. The Bertz CT molecular complexity index is 1050. The summed E-state index contributed by atoms with van der Waals surface area (Å²) < 4.78 is 33.0. The zero-order valence-corrected chi connectivity index (χ0v) is 14.0. The van der Waals surface area contributed by atoms with Crippen LogP contribution in [0.3, 0.4) is 0 Å². The first-order chi connectivity index (χ1) is 11.4. The Morgan fingerprint density at radius 1 is 1.12 bits per heavy atom. The second-order valence-electron chi connectivity index (χ2n) is 5.38. The van der Waals surface area contributed by atoms with Crippen molar-refractivity contribution in [2.24, 2.45) is 0 Å². The third-order valence-electron chi connectivity index (χ3n) is 3.75. The highest BCUT2D eigenvalue weighted by atomic mass is 32.2. The minimum Gasteiger partial charge on any atom is -0.496 e. The summed E-state index contributed by atoms with van der Waals surface area (Å²) in [7, 11) is -2.20. The van der Waals surface area contributed by atoms with Gasteiger partial charge in [-0.25, -0.2) is 17.9 Å². The molecule has 3 N–H and O–H groups in total. The molecule has 3 rings (SSSR count). The Hall–Kier alpha value is -2.58. The Balaban J connectivity index is 1.93. The van der Waals surface area contributed by atoms with Crippen LogP contribution in [0.4, 0.5) is 0 Å². The van der Waals surface area contributed by atoms with Crippen molar-refractivity contribution in [3.8, 4) is 5.75 Å². The van der Waals surface area contributed by atoms with E-state index in [1.165, 1.54) is 13.2 Å². The number of aryl methyl sites for hydroxylation is 1. The van der Waals surface area contributed by atoms with Gasteiger partial charge in [0.15, 0.2) is 0 Å². The number of rotatable bonds is 5. The van der Waals surface area contributed by atoms with Gasteiger partial charge in [-0.2, -0.15) is 0 Å². The van der Waals surface area contributed by atoms with E-state index in [1.807, 2.05) is 12.1 Å². The molecule has 2 aromatic carbocycles. The van der Waals surface area contributed by atoms with Gasteiger partial charge in [0.25, 0.3) is 0 Å². The molecule has 8 heteroatoms. The number of H-pyrrole nitrogens is 2. The summed E-state index contributed by atoms with van der Waals surface area (Å²) in [6.45, 7) is 1.79. The number of benzene rings is 2. The molecular weight excluding hydrogens is 330 g/mol. The number of nitrogens with one attached hydrogen (secondary N) is 3. The Morgan fingerprint density at radius 2 is 1.79 bits per heavy atom. The van der Waals surface area contributed by atoms with Crippen LogP contribution in [0.15, 0.2) is 46.1 Å². The van der Waals surface area contributed by atoms with Gasteiger partial charge in [-0.3, -0.25) is 0 Å². The quantitative estimate of drug-likeness (QED) is 0.653. The zero-order chi connectivity index (χ0) is 17.3. The van der Waals surface area contributed by atoms with Crippen LogP contribution in [-0.2, 0) is 16.6 Å². The molecule has 0 aliphatic heterocycles. The highest BCUT2D eigenvalue weighted by molar-refractivity contribution is 7.89. The zero-order valence-electron chi connectivity index (χ0n) is 13.2. The number of methoxy groups -OCH3 is 1. The highest BCUT2D eigenvalue weighted by Gasteiger charge is 2.19. The van der Waals surface area contributed by atoms with Crippen LogP contribution in [0.2, 0.25) is 0 Å². The molecule has 0 saturated carbocycles. The van der Waals surface area contributed by atoms with E-state index in [2.05, 4.69) is 14.7 Å². The molecule has 0 saturated heterocycles. The van der Waals surface area contributed by atoms with Gasteiger partial charge < -0.3 is 14.7 Å². The summed E-state index contributed by atoms with van der Waals surface area (Å²) in [6, 6.07) is 10.3. The largest absolute Gasteiger partial charge is 0.496 e. The summed E-state index contributed by atoms with van der Waals surface area (Å²) in [5.41, 5.74) is 1.92. The van der Waals surface area contributed by atoms with E-state index in [0.717, 1.165) is 5.56 Å². The molecular formula is C16H17N3O4S. The number of hydrogen-bond acceptors (Lipinski definition) is 4. The van der Waals surface area contributed by atoms with Crippen molar-refractivity contribution in [1.29, 1.82) is 0 Å². The fourth-order valence-electron chi connectivity index (χ4n) is 2.56. The smallest absolute Gasteiger partial charge is 0.323 e. The fourth-order valence-corrected chi connectivity index (χ4v) is 3.82. The number of sulfonamides is 1. The number of fused-ring (bicyclic) bond motifs is 1. The average molecular weight is 347 g/mol. The summed E-state index contributed by atoms with van der Waals surface area (Å²) in [5.74, 6) is 0.613. The second kappa shape index (κ2) is 6.14. The van der Waals surface area contributed by atoms with Gasteiger partial charge in [0, 0.05) is 12.1 Å². The number of hydrogen-bond donors (Lipinski definition) is 3. The molecule has 0 unspecified atom stereocenters. The summed E-state index contributed by atoms with van der Waals surface area (Å²) in [5, 5.41) is 0. The van der Waals surface area contributed by atoms with E-state index in [4.69, 9.17) is 4.74 Å². The van der Waals surface area contributed by atoms with Crippen LogP contribution in [0.25, 0.3) is 11.0 Å². The summed E-state index contributed by atoms with van der Waals surface area (Å²) in [4.78, 5) is 16.7. The molecule has 1 aromatic heterocycles. The first-order valence-electron chi connectivity index (χ1n) is 7.25. The molecule has 0 aliphatic carbocycles. The van der Waals surface area contributed by atoms with Crippen molar-refractivity contribution in [3.63, 3.8) is 0 Å². The maximum atomic E-state index is 12.6. The third-order valence-corrected chi connectivity index (χ3v) is 5.29. The molecule has 0 bridgehead atoms. The Labute approximate surface area is 138 Å². The van der Waals surface area contributed by atoms with Crippen LogP contribution in [0, 0.1) is 6.92 Å². The van der Waals surface area contributed by atoms with Crippen molar-refractivity contribution >= 4 is 21.1 Å². The van der Waals surface area contributed by atoms with Crippen LogP contribution in [-0.4, -0.2) is 25.5 Å². The highest BCUT2D eigenvalue weighted by Crippen LogP contribution is 2.22. The molecule has 0 atom stereocenters. The lowest BCUT2D eigenvalue weighted by atomic mass is 10.2. The normalized spacial score (nSPS) is 11.8. The maximum Gasteiger partial charge on any atom is 0.323 e. The first kappa shape index (κ1) is 16.3. The van der Waals surface area contributed by atoms with Gasteiger partial charge in [-0.1, -0.05) is 18.2 Å². The van der Waals surface area contributed by atoms with E-state index >= 15 is 0 Å². The molecule has 0 amide bonds. The van der Waals surface area contributed by atoms with Gasteiger partial charge in [0.2, 0.25) is 10.0 Å². The molecule has 24 heavy (non-hydrogen) atoms. The predicted molar refractivity (Wildman–Crippen MR) is 90.7 cm³/mol. The van der Waals surface area contributed by atoms with Gasteiger partial charge in [0.1, 0.15) is 5.75 Å². The van der Waals surface area contributed by atoms with Crippen molar-refractivity contribution in [2.45, 2.75) is 18.4 Å². The molecule has 0 radical (unpaired) electrons. The van der Waals surface area contributed by atoms with Crippen molar-refractivity contribution in [1.82, 2.24) is 14.7 Å². The lowest BCUT2D eigenvalue weighted by molar-refractivity contribution is 0.409. The van der Waals surface area contributed by atoms with E-state index in [9.17, 15) is 13.2 Å². The van der Waals surface area contributed by atoms with Gasteiger partial charge in [0.05, 0.1) is 23.0 Å². The number of imidazole rings is 1. The summed E-state index contributed by atoms with van der Waals surface area (Å²) in [6.07, 6.45) is 0. The van der Waals surface area contributed by atoms with E-state index in [0.29, 0.717) is 22.3 Å². The van der Waals surface area contributed by atoms with Crippen LogP contribution in [0.1, 0.15) is 11.1 Å². The van der Waals surface area contributed by atoms with E-state index < -0.39 is 10.0 Å². The molecule has 3 aromatic rings. The Morgan fingerprint density at radius 3 is 2.50 bits per heavy atom. The maximum absolute atomic E-state index is 12.6. The van der Waals surface area contributed by atoms with Crippen molar-refractivity contribution < 1.29 is 13.2 Å². The monoisotopic (exact) mass is 347 g/mol. The minimum absolute atomic E-state index is 0.105. The van der Waals surface area contributed by atoms with Crippen LogP contribution < -0.4 is 15.1 Å². The first-order valence-corrected chi connectivity index (χ1v) is 8.73. The third kappa shape index (κ3) is 3.06. The van der Waals surface area contributed by atoms with Gasteiger partial charge in [-0.05, 0) is 30.7 Å². The second-order valence-corrected chi connectivity index (χ2v) is 7.11. The van der Waals surface area contributed by atoms with E-state index in [1.54, 1.807) is 25.1 Å². The van der Waals surface area contributed by atoms with Crippen LogP contribution >= 0.6 is 0 Å². The molecule has 126 valence electrons. The van der Waals surface area contributed by atoms with Gasteiger partial charge >= 0.3 is 5.69 Å². The minimum atomic E-state index is -3.74. The van der Waals surface area contributed by atoms with E-state index in [-0.39, 0.29) is 17.1 Å². The number of aromatic nitrogens is 2. The SMILES string of the molecule is COc1ccccc1CNS(=O)(=O)c1cc2[nH]c(=O)[nH]c2cc1C. The molecule has 7 nitrogen and oxygen atoms in total. The molecule has 0 spiro atoms. The van der Waals surface area contributed by atoms with Crippen LogP contribution in [0.5, 0.6) is 5.75 Å². The van der Waals surface area contributed by atoms with Crippen molar-refractivity contribution in [2.75, 3.05) is 7.11 Å². The summed E-state index contributed by atoms with van der Waals surface area (Å²) >= 11 is 0. The number of aromatic amines is 2. The average Bonchev–Trinajstić information content (AvgIpc) is 2.91. The van der Waals surface area contributed by atoms with Crippen molar-refractivity contribution in [3.05, 3.63) is 58.0 Å².